The summed E-state index contributed by atoms with van der Waals surface area (Å²) in [5, 5.41) is 4.38. The summed E-state index contributed by atoms with van der Waals surface area (Å²) in [5.74, 6) is 2.24. The molecule has 0 amide bonds. The maximum Gasteiger partial charge on any atom is 0.417 e. The van der Waals surface area contributed by atoms with Crippen LogP contribution in [0.25, 0.3) is 0 Å². The minimum absolute atomic E-state index is 0.524. The molecule has 142 valence electrons. The van der Waals surface area contributed by atoms with E-state index in [4.69, 9.17) is 12.2 Å². The Morgan fingerprint density at radius 3 is 2.42 bits per heavy atom. The van der Waals surface area contributed by atoms with Crippen molar-refractivity contribution < 1.29 is 13.2 Å². The maximum absolute atomic E-state index is 12.6. The minimum Gasteiger partial charge on any atom is -0.360 e. The number of aromatic nitrogens is 1. The number of hydrogen-bond acceptors (Lipinski definition) is 3. The number of alkyl halides is 3. The molecule has 2 heterocycles. The monoisotopic (exact) mass is 384 g/mol. The van der Waals surface area contributed by atoms with Crippen LogP contribution in [0.3, 0.4) is 0 Å². The number of nitrogens with one attached hydrogen (secondary N) is 1. The summed E-state index contributed by atoms with van der Waals surface area (Å²) in [6.07, 6.45) is 1.82. The van der Waals surface area contributed by atoms with Crippen molar-refractivity contribution in [3.63, 3.8) is 0 Å². The second-order valence-electron chi connectivity index (χ2n) is 7.61. The highest BCUT2D eigenvalue weighted by Gasteiger charge is 2.40. The summed E-state index contributed by atoms with van der Waals surface area (Å²) in [4.78, 5) is 8.17. The second-order valence-corrected chi connectivity index (χ2v) is 7.99. The quantitative estimate of drug-likeness (QED) is 0.791. The lowest BCUT2D eigenvalue weighted by atomic mass is 9.95. The van der Waals surface area contributed by atoms with Crippen LogP contribution in [-0.4, -0.2) is 47.2 Å². The van der Waals surface area contributed by atoms with Crippen molar-refractivity contribution in [2.45, 2.75) is 37.9 Å². The zero-order valence-electron chi connectivity index (χ0n) is 14.5. The van der Waals surface area contributed by atoms with Gasteiger partial charge in [0.1, 0.15) is 5.82 Å². The van der Waals surface area contributed by atoms with Gasteiger partial charge in [0.15, 0.2) is 5.11 Å². The van der Waals surface area contributed by atoms with E-state index in [2.05, 4.69) is 15.2 Å². The first-order valence-corrected chi connectivity index (χ1v) is 9.64. The molecule has 2 bridgehead atoms. The Bertz CT molecular complexity index is 655. The number of anilines is 1. The Balaban J connectivity index is 1.29. The molecular weight excluding hydrogens is 361 g/mol. The Labute approximate surface area is 156 Å². The van der Waals surface area contributed by atoms with E-state index in [0.29, 0.717) is 24.9 Å². The average molecular weight is 384 g/mol. The van der Waals surface area contributed by atoms with Crippen molar-refractivity contribution in [3.8, 4) is 0 Å². The summed E-state index contributed by atoms with van der Waals surface area (Å²) in [7, 11) is 0. The number of halogens is 3. The molecule has 0 aromatic carbocycles. The standard InChI is InChI=1S/C18H23F3N4S/c19-18(20,21)14-3-4-16(22-11-14)24-5-7-25(8-6-24)17(26)23-15-10-12-1-2-13(15)9-12/h3-4,11-13,15H,1-2,5-10H2,(H,23,26)/t12-,13-,15+/m1/s1. The van der Waals surface area contributed by atoms with Gasteiger partial charge in [0, 0.05) is 38.4 Å². The first-order valence-electron chi connectivity index (χ1n) is 9.24. The van der Waals surface area contributed by atoms with E-state index in [9.17, 15) is 13.2 Å². The van der Waals surface area contributed by atoms with Crippen LogP contribution < -0.4 is 10.2 Å². The SMILES string of the molecule is FC(F)(F)c1ccc(N2CCN(C(=S)N[C@H]3C[C@@H]4CC[C@@H]3C4)CC2)nc1. The Morgan fingerprint density at radius 2 is 1.88 bits per heavy atom. The topological polar surface area (TPSA) is 31.4 Å². The number of piperazine rings is 1. The molecule has 4 rings (SSSR count). The molecule has 2 saturated carbocycles. The maximum atomic E-state index is 12.6. The van der Waals surface area contributed by atoms with Gasteiger partial charge in [-0.2, -0.15) is 13.2 Å². The number of nitrogens with zero attached hydrogens (tertiary/aromatic N) is 3. The van der Waals surface area contributed by atoms with E-state index >= 15 is 0 Å². The zero-order valence-corrected chi connectivity index (χ0v) is 15.3. The predicted molar refractivity (Wildman–Crippen MR) is 98.0 cm³/mol. The van der Waals surface area contributed by atoms with Gasteiger partial charge in [-0.3, -0.25) is 0 Å². The van der Waals surface area contributed by atoms with Crippen molar-refractivity contribution >= 4 is 23.1 Å². The second kappa shape index (κ2) is 6.87. The van der Waals surface area contributed by atoms with Crippen LogP contribution in [0, 0.1) is 11.8 Å². The van der Waals surface area contributed by atoms with E-state index in [-0.39, 0.29) is 0 Å². The van der Waals surface area contributed by atoms with E-state index in [0.717, 1.165) is 42.3 Å². The fourth-order valence-corrected chi connectivity index (χ4v) is 4.88. The molecule has 1 aromatic heterocycles. The fourth-order valence-electron chi connectivity index (χ4n) is 4.55. The van der Waals surface area contributed by atoms with E-state index in [1.54, 1.807) is 0 Å². The van der Waals surface area contributed by atoms with Gasteiger partial charge >= 0.3 is 6.18 Å². The van der Waals surface area contributed by atoms with Crippen molar-refractivity contribution in [3.05, 3.63) is 23.9 Å². The first-order chi connectivity index (χ1) is 12.4. The molecule has 1 aliphatic heterocycles. The van der Waals surface area contributed by atoms with Crippen LogP contribution in [0.15, 0.2) is 18.3 Å². The lowest BCUT2D eigenvalue weighted by molar-refractivity contribution is -0.137. The first kappa shape index (κ1) is 17.8. The lowest BCUT2D eigenvalue weighted by Crippen LogP contribution is -2.54. The number of thiocarbonyl (C=S) groups is 1. The minimum atomic E-state index is -4.35. The van der Waals surface area contributed by atoms with Crippen molar-refractivity contribution in [2.24, 2.45) is 11.8 Å². The number of hydrogen-bond donors (Lipinski definition) is 1. The van der Waals surface area contributed by atoms with Gasteiger partial charge in [-0.1, -0.05) is 6.42 Å². The van der Waals surface area contributed by atoms with Gasteiger partial charge in [-0.25, -0.2) is 4.98 Å². The number of pyridine rings is 1. The molecule has 3 atom stereocenters. The molecule has 1 aromatic rings. The van der Waals surface area contributed by atoms with Gasteiger partial charge in [-0.15, -0.1) is 0 Å². The van der Waals surface area contributed by atoms with Gasteiger partial charge in [0.2, 0.25) is 0 Å². The van der Waals surface area contributed by atoms with Crippen molar-refractivity contribution in [1.82, 2.24) is 15.2 Å². The molecule has 2 aliphatic carbocycles. The Morgan fingerprint density at radius 1 is 1.12 bits per heavy atom. The molecule has 0 spiro atoms. The number of rotatable bonds is 2. The summed E-state index contributed by atoms with van der Waals surface area (Å²) in [6, 6.07) is 3.07. The highest BCUT2D eigenvalue weighted by atomic mass is 32.1. The van der Waals surface area contributed by atoms with Gasteiger partial charge in [0.05, 0.1) is 5.56 Å². The van der Waals surface area contributed by atoms with Gasteiger partial charge < -0.3 is 15.1 Å². The van der Waals surface area contributed by atoms with Gasteiger partial charge in [0.25, 0.3) is 0 Å². The molecule has 4 nitrogen and oxygen atoms in total. The summed E-state index contributed by atoms with van der Waals surface area (Å²) >= 11 is 5.60. The highest BCUT2D eigenvalue weighted by Crippen LogP contribution is 2.44. The zero-order chi connectivity index (χ0) is 18.3. The smallest absolute Gasteiger partial charge is 0.360 e. The van der Waals surface area contributed by atoms with E-state index < -0.39 is 11.7 Å². The Kier molecular flexibility index (Phi) is 4.71. The van der Waals surface area contributed by atoms with Crippen LogP contribution >= 0.6 is 12.2 Å². The van der Waals surface area contributed by atoms with Gasteiger partial charge in [-0.05, 0) is 55.4 Å². The Hall–Kier alpha value is -1.57. The predicted octanol–water partition coefficient (Wildman–Crippen LogP) is 3.29. The van der Waals surface area contributed by atoms with Crippen LogP contribution in [-0.2, 0) is 6.18 Å². The molecule has 1 N–H and O–H groups in total. The van der Waals surface area contributed by atoms with Crippen LogP contribution in [0.5, 0.6) is 0 Å². The van der Waals surface area contributed by atoms with Crippen molar-refractivity contribution in [1.29, 1.82) is 0 Å². The molecule has 3 fully saturated rings. The third-order valence-corrected chi connectivity index (χ3v) is 6.39. The number of fused-ring (bicyclic) bond motifs is 2. The summed E-state index contributed by atoms with van der Waals surface area (Å²) < 4.78 is 37.9. The van der Waals surface area contributed by atoms with Crippen LogP contribution in [0.1, 0.15) is 31.2 Å². The molecular formula is C18H23F3N4S. The van der Waals surface area contributed by atoms with E-state index in [1.165, 1.54) is 31.7 Å². The average Bonchev–Trinajstić information content (AvgIpc) is 3.24. The largest absolute Gasteiger partial charge is 0.417 e. The molecule has 3 aliphatic rings. The highest BCUT2D eigenvalue weighted by molar-refractivity contribution is 7.80. The van der Waals surface area contributed by atoms with Crippen LogP contribution in [0.4, 0.5) is 19.0 Å². The molecule has 1 saturated heterocycles. The van der Waals surface area contributed by atoms with Crippen LogP contribution in [0.2, 0.25) is 0 Å². The van der Waals surface area contributed by atoms with Crippen molar-refractivity contribution in [2.75, 3.05) is 31.1 Å². The third kappa shape index (κ3) is 3.61. The molecule has 8 heteroatoms. The fraction of sp³-hybridized carbons (Fsp3) is 0.667. The molecule has 0 radical (unpaired) electrons. The summed E-state index contributed by atoms with van der Waals surface area (Å²) in [5.41, 5.74) is -0.712. The molecule has 0 unspecified atom stereocenters. The van der Waals surface area contributed by atoms with E-state index in [1.807, 2.05) is 4.90 Å². The normalized spacial score (nSPS) is 28.5. The molecule has 26 heavy (non-hydrogen) atoms. The third-order valence-electron chi connectivity index (χ3n) is 6.01. The lowest BCUT2D eigenvalue weighted by Gasteiger charge is -2.38. The summed E-state index contributed by atoms with van der Waals surface area (Å²) in [6.45, 7) is 2.93.